The molecule has 0 atom stereocenters. The minimum atomic E-state index is -4.89. The topological polar surface area (TPSA) is 59.4 Å². The van der Waals surface area contributed by atoms with E-state index in [0.717, 1.165) is 83.9 Å². The van der Waals surface area contributed by atoms with Crippen LogP contribution in [0, 0.1) is 11.3 Å². The largest absolute Gasteiger partial charge is 0.416 e. The first-order valence-electron chi connectivity index (χ1n) is 22.3. The summed E-state index contributed by atoms with van der Waals surface area (Å²) in [4.78, 5) is 9.90. The number of nitriles is 1. The fraction of sp³-hybridized carbons (Fsp3) is 0.0702. The highest BCUT2D eigenvalue weighted by molar-refractivity contribution is 6.11. The maximum absolute atomic E-state index is 14.3. The van der Waals surface area contributed by atoms with Crippen molar-refractivity contribution in [1.82, 2.24) is 19.1 Å². The molecule has 0 radical (unpaired) electrons. The lowest BCUT2D eigenvalue weighted by atomic mass is 9.95. The van der Waals surface area contributed by atoms with Gasteiger partial charge in [-0.3, -0.25) is 0 Å². The second kappa shape index (κ2) is 17.1. The third-order valence-corrected chi connectivity index (χ3v) is 12.9. The molecule has 366 valence electrons. The second-order valence-electron chi connectivity index (χ2n) is 17.4. The molecular formula is C57H29F12N5. The Morgan fingerprint density at radius 2 is 0.770 bits per heavy atom. The lowest BCUT2D eigenvalue weighted by Gasteiger charge is -2.19. The molecule has 0 fully saturated rings. The van der Waals surface area contributed by atoms with Crippen LogP contribution in [0.5, 0.6) is 0 Å². The summed E-state index contributed by atoms with van der Waals surface area (Å²) in [5, 5.41) is 10.1. The molecule has 8 aromatic carbocycles. The van der Waals surface area contributed by atoms with E-state index < -0.39 is 47.0 Å². The van der Waals surface area contributed by atoms with Crippen LogP contribution in [0.1, 0.15) is 27.8 Å². The van der Waals surface area contributed by atoms with Gasteiger partial charge in [0.1, 0.15) is 0 Å². The predicted octanol–water partition coefficient (Wildman–Crippen LogP) is 17.3. The fourth-order valence-corrected chi connectivity index (χ4v) is 9.46. The number of hydrogen-bond donors (Lipinski definition) is 0. The van der Waals surface area contributed by atoms with Crippen LogP contribution in [-0.4, -0.2) is 19.1 Å². The zero-order chi connectivity index (χ0) is 52.1. The Labute approximate surface area is 410 Å². The van der Waals surface area contributed by atoms with Gasteiger partial charge in [0, 0.05) is 55.0 Å². The van der Waals surface area contributed by atoms with Gasteiger partial charge in [-0.25, -0.2) is 9.97 Å². The molecule has 5 nitrogen and oxygen atoms in total. The molecule has 11 aromatic rings. The van der Waals surface area contributed by atoms with Crippen molar-refractivity contribution in [3.05, 3.63) is 204 Å². The third kappa shape index (κ3) is 8.31. The molecule has 3 heterocycles. The molecule has 0 saturated heterocycles. The molecule has 0 aliphatic rings. The zero-order valence-corrected chi connectivity index (χ0v) is 37.5. The van der Waals surface area contributed by atoms with Crippen LogP contribution in [0.3, 0.4) is 0 Å². The van der Waals surface area contributed by atoms with Crippen molar-refractivity contribution in [2.24, 2.45) is 0 Å². The Morgan fingerprint density at radius 1 is 0.365 bits per heavy atom. The summed E-state index contributed by atoms with van der Waals surface area (Å²) >= 11 is 0. The Hall–Kier alpha value is -8.91. The van der Waals surface area contributed by atoms with Crippen LogP contribution in [-0.2, 0) is 24.7 Å². The minimum Gasteiger partial charge on any atom is -0.309 e. The van der Waals surface area contributed by atoms with Crippen LogP contribution in [0.2, 0.25) is 0 Å². The van der Waals surface area contributed by atoms with E-state index in [2.05, 4.69) is 6.07 Å². The summed E-state index contributed by atoms with van der Waals surface area (Å²) in [6, 6.07) is 42.1. The molecule has 0 bridgehead atoms. The Bertz CT molecular complexity index is 3880. The van der Waals surface area contributed by atoms with E-state index in [4.69, 9.17) is 9.97 Å². The molecule has 11 rings (SSSR count). The van der Waals surface area contributed by atoms with E-state index in [9.17, 15) is 57.9 Å². The number of hydrogen-bond acceptors (Lipinski definition) is 3. The highest BCUT2D eigenvalue weighted by atomic mass is 19.4. The Kier molecular flexibility index (Phi) is 11.0. The van der Waals surface area contributed by atoms with E-state index in [1.807, 2.05) is 60.7 Å². The summed E-state index contributed by atoms with van der Waals surface area (Å²) < 4.78 is 174. The highest BCUT2D eigenvalue weighted by Gasteiger charge is 2.36. The summed E-state index contributed by atoms with van der Waals surface area (Å²) in [5.74, 6) is 0.169. The number of halogens is 12. The number of alkyl halides is 12. The average molecular weight is 1010 g/mol. The molecule has 74 heavy (non-hydrogen) atoms. The zero-order valence-electron chi connectivity index (χ0n) is 37.5. The summed E-state index contributed by atoms with van der Waals surface area (Å²) in [5.41, 5.74) is -0.888. The SMILES string of the molecule is N#Cc1ccc(-n2c3ccc(C(F)(F)F)cc3c3cc(C(F)(F)F)ccc32)cc1-c1cc(-c2nc(-c3ccccc3)cc(-c3ccccc3)n2)ccc1-n1c2ccc(C(F)(F)F)cc2c2cc(C(F)(F)F)ccc21. The maximum Gasteiger partial charge on any atom is 0.416 e. The standard InChI is InChI=1S/C57H29F12N5/c58-54(59,60)35-13-19-48-42(24-35)43-25-36(55(61,62)63)14-20-49(43)73(48)39-17-11-34(30-70)40(28-39)41-23-33(53-71-46(31-7-3-1-4-8-31)29-47(72-53)32-9-5-2-6-10-32)12-18-50(41)74-51-21-15-37(56(64,65)66)26-44(51)45-27-38(57(67,68)69)16-22-52(45)74/h1-29H. The van der Waals surface area contributed by atoms with Gasteiger partial charge in [-0.2, -0.15) is 57.9 Å². The second-order valence-corrected chi connectivity index (χ2v) is 17.4. The molecule has 0 N–H and O–H groups in total. The van der Waals surface area contributed by atoms with Crippen LogP contribution >= 0.6 is 0 Å². The number of rotatable bonds is 6. The Morgan fingerprint density at radius 3 is 1.16 bits per heavy atom. The Balaban J connectivity index is 1.23. The first kappa shape index (κ1) is 47.4. The summed E-state index contributed by atoms with van der Waals surface area (Å²) in [6.45, 7) is 0. The fourth-order valence-electron chi connectivity index (χ4n) is 9.46. The average Bonchev–Trinajstić information content (AvgIpc) is 3.90. The van der Waals surface area contributed by atoms with Crippen LogP contribution in [0.4, 0.5) is 52.7 Å². The molecule has 0 aliphatic heterocycles. The van der Waals surface area contributed by atoms with Crippen molar-refractivity contribution < 1.29 is 52.7 Å². The van der Waals surface area contributed by atoms with Crippen molar-refractivity contribution in [2.45, 2.75) is 24.7 Å². The van der Waals surface area contributed by atoms with E-state index in [1.54, 1.807) is 24.3 Å². The van der Waals surface area contributed by atoms with E-state index in [1.165, 1.54) is 27.3 Å². The molecule has 0 unspecified atom stereocenters. The van der Waals surface area contributed by atoms with Crippen LogP contribution in [0.15, 0.2) is 176 Å². The number of aromatic nitrogens is 4. The normalized spacial score (nSPS) is 12.6. The van der Waals surface area contributed by atoms with Crippen LogP contribution in [0.25, 0.3) is 100 Å². The number of benzene rings is 8. The van der Waals surface area contributed by atoms with Gasteiger partial charge in [0.05, 0.1) is 73.0 Å². The van der Waals surface area contributed by atoms with Gasteiger partial charge < -0.3 is 9.13 Å². The number of fused-ring (bicyclic) bond motifs is 6. The van der Waals surface area contributed by atoms with E-state index >= 15 is 0 Å². The van der Waals surface area contributed by atoms with Crippen molar-refractivity contribution in [2.75, 3.05) is 0 Å². The van der Waals surface area contributed by atoms with E-state index in [-0.39, 0.29) is 77.5 Å². The van der Waals surface area contributed by atoms with Gasteiger partial charge in [-0.05, 0) is 115 Å². The monoisotopic (exact) mass is 1010 g/mol. The van der Waals surface area contributed by atoms with Gasteiger partial charge in [0.15, 0.2) is 5.82 Å². The lowest BCUT2D eigenvalue weighted by Crippen LogP contribution is -2.05. The van der Waals surface area contributed by atoms with Gasteiger partial charge >= 0.3 is 24.7 Å². The maximum atomic E-state index is 14.3. The minimum absolute atomic E-state index is 0.0185. The molecule has 0 saturated carbocycles. The summed E-state index contributed by atoms with van der Waals surface area (Å²) in [6.07, 6.45) is -19.5. The van der Waals surface area contributed by atoms with Crippen LogP contribution < -0.4 is 0 Å². The third-order valence-electron chi connectivity index (χ3n) is 12.9. The predicted molar refractivity (Wildman–Crippen MR) is 257 cm³/mol. The smallest absolute Gasteiger partial charge is 0.309 e. The first-order chi connectivity index (χ1) is 35.2. The number of nitrogens with zero attached hydrogens (tertiary/aromatic N) is 5. The van der Waals surface area contributed by atoms with Crippen molar-refractivity contribution in [1.29, 1.82) is 5.26 Å². The molecule has 0 aliphatic carbocycles. The van der Waals surface area contributed by atoms with Crippen molar-refractivity contribution >= 4 is 43.6 Å². The van der Waals surface area contributed by atoms with Gasteiger partial charge in [0.2, 0.25) is 0 Å². The molecular weight excluding hydrogens is 983 g/mol. The summed E-state index contributed by atoms with van der Waals surface area (Å²) in [7, 11) is 0. The van der Waals surface area contributed by atoms with E-state index in [0.29, 0.717) is 17.0 Å². The van der Waals surface area contributed by atoms with Gasteiger partial charge in [0.25, 0.3) is 0 Å². The molecule has 0 amide bonds. The highest BCUT2D eigenvalue weighted by Crippen LogP contribution is 2.45. The molecule has 3 aromatic heterocycles. The lowest BCUT2D eigenvalue weighted by molar-refractivity contribution is -0.138. The van der Waals surface area contributed by atoms with Gasteiger partial charge in [-0.1, -0.05) is 60.7 Å². The van der Waals surface area contributed by atoms with Crippen molar-refractivity contribution in [3.63, 3.8) is 0 Å². The quantitative estimate of drug-likeness (QED) is 0.156. The first-order valence-corrected chi connectivity index (χ1v) is 22.3. The van der Waals surface area contributed by atoms with Crippen molar-refractivity contribution in [3.8, 4) is 62.5 Å². The van der Waals surface area contributed by atoms with Gasteiger partial charge in [-0.15, -0.1) is 0 Å². The molecule has 0 spiro atoms. The molecule has 17 heteroatoms.